The Kier molecular flexibility index (Phi) is 3.19. The Morgan fingerprint density at radius 3 is 2.57 bits per heavy atom. The lowest BCUT2D eigenvalue weighted by atomic mass is 10.6. The molecule has 0 spiro atoms. The lowest BCUT2D eigenvalue weighted by molar-refractivity contribution is 0.108. The highest BCUT2D eigenvalue weighted by Crippen LogP contribution is 1.77. The van der Waals surface area contributed by atoms with E-state index >= 15 is 0 Å². The van der Waals surface area contributed by atoms with Gasteiger partial charge < -0.3 is 9.39 Å². The van der Waals surface area contributed by atoms with Crippen molar-refractivity contribution in [3.8, 4) is 0 Å². The minimum atomic E-state index is -0.623. The van der Waals surface area contributed by atoms with Crippen LogP contribution >= 0.6 is 0 Å². The lowest BCUT2D eigenvalue weighted by Crippen LogP contribution is -2.03. The molecular weight excluding hydrogens is 94.8 g/mol. The molecule has 0 unspecified atom stereocenters. The van der Waals surface area contributed by atoms with Crippen molar-refractivity contribution in [2.75, 3.05) is 6.61 Å². The molecule has 0 amide bonds. The Hall–Kier alpha value is -0.665. The van der Waals surface area contributed by atoms with Crippen molar-refractivity contribution in [1.29, 1.82) is 0 Å². The van der Waals surface area contributed by atoms with Gasteiger partial charge in [0.1, 0.15) is 0 Å². The summed E-state index contributed by atoms with van der Waals surface area (Å²) in [5.41, 5.74) is 0. The van der Waals surface area contributed by atoms with Crippen LogP contribution in [-0.4, -0.2) is 20.8 Å². The average molecular weight is 102 g/mol. The maximum absolute atomic E-state index is 9.97. The van der Waals surface area contributed by atoms with Gasteiger partial charge in [0.25, 0.3) is 0 Å². The first kappa shape index (κ1) is 6.33. The monoisotopic (exact) mass is 102 g/mol. The van der Waals surface area contributed by atoms with Crippen LogP contribution in [0.5, 0.6) is 0 Å². The summed E-state index contributed by atoms with van der Waals surface area (Å²) >= 11 is 0. The van der Waals surface area contributed by atoms with Crippen LogP contribution in [-0.2, 0) is 9.39 Å². The molecule has 0 aliphatic heterocycles. The Morgan fingerprint density at radius 1 is 1.86 bits per heavy atom. The second-order valence-corrected chi connectivity index (χ2v) is 0.887. The minimum absolute atomic E-state index is 0.368. The van der Waals surface area contributed by atoms with Gasteiger partial charge in [-0.3, -0.25) is 0 Å². The molecule has 0 fully saturated rings. The number of carbonyl (C=O) groups is 1. The second-order valence-electron chi connectivity index (χ2n) is 0.887. The summed E-state index contributed by atoms with van der Waals surface area (Å²) < 4.78 is 8.46. The van der Waals surface area contributed by atoms with E-state index in [2.05, 4.69) is 9.39 Å². The first-order chi connectivity index (χ1) is 3.31. The average Bonchev–Trinajstić information content (AvgIpc) is 1.68. The fourth-order valence-corrected chi connectivity index (χ4v) is 0.177. The number of hydrogen-bond donors (Lipinski definition) is 0. The van der Waals surface area contributed by atoms with Gasteiger partial charge in [-0.25, -0.2) is 4.79 Å². The first-order valence-corrected chi connectivity index (χ1v) is 2.02. The zero-order valence-electron chi connectivity index (χ0n) is 4.43. The van der Waals surface area contributed by atoms with Crippen LogP contribution in [0, 0.1) is 0 Å². The van der Waals surface area contributed by atoms with Crippen LogP contribution in [0.25, 0.3) is 0 Å². The topological polar surface area (TPSA) is 35.5 Å². The van der Waals surface area contributed by atoms with E-state index in [0.717, 1.165) is 0 Å². The highest BCUT2D eigenvalue weighted by molar-refractivity contribution is 6.04. The van der Waals surface area contributed by atoms with Crippen molar-refractivity contribution in [2.24, 2.45) is 0 Å². The number of carbonyl (C=O) groups excluding carboxylic acids is 1. The minimum Gasteiger partial charge on any atom is -0.513 e. The second kappa shape index (κ2) is 3.52. The van der Waals surface area contributed by atoms with Crippen molar-refractivity contribution < 1.29 is 14.2 Å². The van der Waals surface area contributed by atoms with Crippen LogP contribution in [0.4, 0.5) is 4.79 Å². The number of rotatable bonds is 1. The van der Waals surface area contributed by atoms with E-state index in [4.69, 9.17) is 0 Å². The van der Waals surface area contributed by atoms with E-state index in [0.29, 0.717) is 6.61 Å². The molecular formula is C3H7BO3. The van der Waals surface area contributed by atoms with E-state index < -0.39 is 6.16 Å². The summed E-state index contributed by atoms with van der Waals surface area (Å²) in [6, 6.07) is 0. The van der Waals surface area contributed by atoms with E-state index in [1.807, 2.05) is 0 Å². The summed E-state index contributed by atoms with van der Waals surface area (Å²) in [4.78, 5) is 9.97. The molecule has 0 saturated heterocycles. The van der Waals surface area contributed by atoms with Crippen LogP contribution < -0.4 is 0 Å². The Morgan fingerprint density at radius 2 is 2.43 bits per heavy atom. The summed E-state index contributed by atoms with van der Waals surface area (Å²) in [6.07, 6.45) is -0.623. The molecule has 0 heterocycles. The molecule has 40 valence electrons. The molecule has 0 aromatic carbocycles. The van der Waals surface area contributed by atoms with E-state index in [1.54, 1.807) is 6.92 Å². The third kappa shape index (κ3) is 3.16. The van der Waals surface area contributed by atoms with Crippen molar-refractivity contribution in [3.63, 3.8) is 0 Å². The normalized spacial score (nSPS) is 7.57. The molecule has 0 radical (unpaired) electrons. The molecule has 0 aliphatic rings. The maximum atomic E-state index is 9.97. The molecule has 0 atom stereocenters. The van der Waals surface area contributed by atoms with Crippen molar-refractivity contribution in [1.82, 2.24) is 0 Å². The van der Waals surface area contributed by atoms with E-state index in [-0.39, 0.29) is 0 Å². The molecule has 7 heavy (non-hydrogen) atoms. The van der Waals surface area contributed by atoms with Gasteiger partial charge >= 0.3 is 14.2 Å². The first-order valence-electron chi connectivity index (χ1n) is 2.02. The third-order valence-corrected chi connectivity index (χ3v) is 0.429. The van der Waals surface area contributed by atoms with E-state index in [9.17, 15) is 4.79 Å². The Labute approximate surface area is 43.0 Å². The molecule has 0 N–H and O–H groups in total. The third-order valence-electron chi connectivity index (χ3n) is 0.429. The van der Waals surface area contributed by atoms with Gasteiger partial charge in [-0.05, 0) is 6.92 Å². The summed E-state index contributed by atoms with van der Waals surface area (Å²) in [5, 5.41) is 0. The molecule has 0 saturated carbocycles. The maximum Gasteiger partial charge on any atom is 0.489 e. The fourth-order valence-electron chi connectivity index (χ4n) is 0.177. The highest BCUT2D eigenvalue weighted by Gasteiger charge is 1.92. The molecule has 0 aliphatic carbocycles. The Balaban J connectivity index is 3.00. The summed E-state index contributed by atoms with van der Waals surface area (Å²) in [5.74, 6) is 0. The molecule has 0 bridgehead atoms. The Bertz CT molecular complexity index is 63.2. The van der Waals surface area contributed by atoms with Crippen molar-refractivity contribution >= 4 is 14.2 Å². The molecule has 4 heteroatoms. The predicted octanol–water partition coefficient (Wildman–Crippen LogP) is -0.292. The fraction of sp³-hybridized carbons (Fsp3) is 0.667. The SMILES string of the molecule is BOC(=O)OCC. The van der Waals surface area contributed by atoms with Crippen LogP contribution in [0.1, 0.15) is 6.92 Å². The number of hydrogen-bond acceptors (Lipinski definition) is 3. The quantitative estimate of drug-likeness (QED) is 0.337. The largest absolute Gasteiger partial charge is 0.513 e. The van der Waals surface area contributed by atoms with Gasteiger partial charge in [0.15, 0.2) is 0 Å². The number of ether oxygens (including phenoxy) is 1. The molecule has 0 aromatic rings. The van der Waals surface area contributed by atoms with Gasteiger partial charge in [0.2, 0.25) is 0 Å². The molecule has 0 rings (SSSR count). The standard InChI is InChI=1S/C3H7BO3/c1-2-6-3(5)7-4/h2,4H2,1H3. The van der Waals surface area contributed by atoms with Crippen LogP contribution in [0.2, 0.25) is 0 Å². The van der Waals surface area contributed by atoms with Gasteiger partial charge in [-0.2, -0.15) is 0 Å². The zero-order valence-corrected chi connectivity index (χ0v) is 4.43. The molecule has 0 aromatic heterocycles. The summed E-state index contributed by atoms with van der Waals surface area (Å²) in [6.45, 7) is 2.09. The van der Waals surface area contributed by atoms with Crippen LogP contribution in [0.15, 0.2) is 0 Å². The zero-order chi connectivity index (χ0) is 5.70. The van der Waals surface area contributed by atoms with Gasteiger partial charge in [0.05, 0.1) is 6.61 Å². The van der Waals surface area contributed by atoms with Crippen LogP contribution in [0.3, 0.4) is 0 Å². The highest BCUT2D eigenvalue weighted by atomic mass is 16.7. The van der Waals surface area contributed by atoms with Gasteiger partial charge in [-0.15, -0.1) is 0 Å². The van der Waals surface area contributed by atoms with Gasteiger partial charge in [0, 0.05) is 0 Å². The van der Waals surface area contributed by atoms with Crippen molar-refractivity contribution in [2.45, 2.75) is 6.92 Å². The lowest BCUT2D eigenvalue weighted by Gasteiger charge is -1.95. The van der Waals surface area contributed by atoms with Gasteiger partial charge in [-0.1, -0.05) is 0 Å². The smallest absolute Gasteiger partial charge is 0.489 e. The van der Waals surface area contributed by atoms with Crippen molar-refractivity contribution in [3.05, 3.63) is 0 Å². The van der Waals surface area contributed by atoms with E-state index in [1.165, 1.54) is 8.05 Å². The predicted molar refractivity (Wildman–Crippen MR) is 26.7 cm³/mol. The summed E-state index contributed by atoms with van der Waals surface area (Å²) in [7, 11) is 1.28. The molecule has 3 nitrogen and oxygen atoms in total.